The minimum Gasteiger partial charge on any atom is -0.382 e. The Morgan fingerprint density at radius 3 is 1.65 bits per heavy atom. The molecule has 0 aliphatic heterocycles. The lowest BCUT2D eigenvalue weighted by Gasteiger charge is -2.21. The predicted octanol–water partition coefficient (Wildman–Crippen LogP) is 9.45. The number of rotatable bonds is 11. The molecule has 2 N–H and O–H groups in total. The molecule has 0 unspecified atom stereocenters. The highest BCUT2D eigenvalue weighted by molar-refractivity contribution is 5.89. The molecule has 320 valence electrons. The Hall–Kier alpha value is -7.43. The Kier molecular flexibility index (Phi) is 16.3. The van der Waals surface area contributed by atoms with E-state index in [1.165, 1.54) is 66.3 Å². The smallest absolute Gasteiger partial charge is 0.382 e. The number of Topliss-reactive ketones (excluding diaryl/α,β-unsaturated/α-hetero) is 2. The molecule has 1 heterocycles. The molecule has 4 aromatic carbocycles. The number of azide groups is 1. The molecule has 62 heavy (non-hydrogen) atoms. The van der Waals surface area contributed by atoms with Gasteiger partial charge in [-0.2, -0.15) is 26.3 Å². The summed E-state index contributed by atoms with van der Waals surface area (Å²) in [5.41, 5.74) is 2.57. The van der Waals surface area contributed by atoms with E-state index in [9.17, 15) is 54.9 Å². The highest BCUT2D eigenvalue weighted by atomic mass is 19.4. The molecule has 0 fully saturated rings. The van der Waals surface area contributed by atoms with Gasteiger partial charge in [0, 0.05) is 28.9 Å². The van der Waals surface area contributed by atoms with Crippen molar-refractivity contribution in [2.24, 2.45) is 5.11 Å². The molecule has 0 aliphatic rings. The van der Waals surface area contributed by atoms with Crippen molar-refractivity contribution < 1.29 is 54.9 Å². The summed E-state index contributed by atoms with van der Waals surface area (Å²) in [6.07, 6.45) is -3.91. The lowest BCUT2D eigenvalue weighted by atomic mass is 9.94. The number of ketones is 2. The molecule has 0 saturated heterocycles. The summed E-state index contributed by atoms with van der Waals surface area (Å²) in [7, 11) is 0. The molecule has 5 aromatic rings. The van der Waals surface area contributed by atoms with E-state index in [2.05, 4.69) is 35.9 Å². The van der Waals surface area contributed by atoms with Crippen LogP contribution in [0.2, 0.25) is 0 Å². The van der Waals surface area contributed by atoms with Crippen molar-refractivity contribution in [3.63, 3.8) is 0 Å². The van der Waals surface area contributed by atoms with E-state index in [0.29, 0.717) is 22.9 Å². The molecule has 0 bridgehead atoms. The van der Waals surface area contributed by atoms with Gasteiger partial charge < -0.3 is 10.2 Å². The van der Waals surface area contributed by atoms with Crippen LogP contribution in [-0.4, -0.2) is 54.5 Å². The maximum Gasteiger partial charge on any atom is 0.407 e. The molecular formula is C42H32F8N8O4. The number of aliphatic hydroxyl groups is 2. The normalized spacial score (nSPS) is 12.8. The summed E-state index contributed by atoms with van der Waals surface area (Å²) >= 11 is 0. The first-order valence-electron chi connectivity index (χ1n) is 17.5. The average molecular weight is 865 g/mol. The van der Waals surface area contributed by atoms with Gasteiger partial charge in [0.1, 0.15) is 28.5 Å². The van der Waals surface area contributed by atoms with Gasteiger partial charge in [-0.15, -0.1) is 11.5 Å². The summed E-state index contributed by atoms with van der Waals surface area (Å²) in [6, 6.07) is 17.2. The summed E-state index contributed by atoms with van der Waals surface area (Å²) in [6.45, 7) is 15.1. The SMILES string of the molecule is C#Cc1ccc(F)cc1.[C-]#[N+]c1ccc(CC(=O)[C@@](C)(O)CN=[N+]=[N-])cc1C(F)(F)F.[C-]#[N+]c1ccc(CC(=O)[C@@](C)(O)Cn2cc(-c3ccc(F)cc3)nn2)cc1C(F)(F)F. The number of alkyl halides is 6. The van der Waals surface area contributed by atoms with Crippen LogP contribution >= 0.6 is 0 Å². The second-order valence-electron chi connectivity index (χ2n) is 13.5. The van der Waals surface area contributed by atoms with Crippen LogP contribution in [0.15, 0.2) is 96.2 Å². The standard InChI is InChI=1S/C21H16F4N4O2.C13H11F3N4O2.C8H5F/c1-20(31,12-29-11-18(27-28-29)14-4-6-15(22)7-5-14)19(30)10-13-3-8-17(26-2)16(9-13)21(23,24)25;1-12(22,7-19-20-17)11(21)6-8-3-4-10(18-2)9(5-8)13(14,15)16;1-2-7-3-5-8(9)6-4-7/h3-9,11,31H,10,12H2,1H3;3-5,22H,6-7H2,1H3;1,3-6H/t20-;12-;/m00./s1. The van der Waals surface area contributed by atoms with Crippen molar-refractivity contribution in [3.05, 3.63) is 164 Å². The third kappa shape index (κ3) is 14.1. The van der Waals surface area contributed by atoms with Crippen LogP contribution in [0.3, 0.4) is 0 Å². The molecule has 0 radical (unpaired) electrons. The highest BCUT2D eigenvalue weighted by Crippen LogP contribution is 2.38. The van der Waals surface area contributed by atoms with Crippen LogP contribution in [0.25, 0.3) is 31.4 Å². The molecule has 0 spiro atoms. The Bertz CT molecular complexity index is 2560. The summed E-state index contributed by atoms with van der Waals surface area (Å²) < 4.78 is 104. The van der Waals surface area contributed by atoms with Gasteiger partial charge in [-0.1, -0.05) is 52.6 Å². The fourth-order valence-electron chi connectivity index (χ4n) is 5.12. The number of carbonyl (C=O) groups excluding carboxylic acids is 2. The van der Waals surface area contributed by atoms with Gasteiger partial charge in [-0.25, -0.2) is 23.2 Å². The van der Waals surface area contributed by atoms with Gasteiger partial charge >= 0.3 is 12.4 Å². The van der Waals surface area contributed by atoms with Gasteiger partial charge in [0.25, 0.3) is 0 Å². The number of aromatic nitrogens is 3. The van der Waals surface area contributed by atoms with Crippen molar-refractivity contribution in [1.29, 1.82) is 0 Å². The first-order valence-corrected chi connectivity index (χ1v) is 17.5. The Morgan fingerprint density at radius 1 is 0.774 bits per heavy atom. The van der Waals surface area contributed by atoms with Crippen molar-refractivity contribution in [3.8, 4) is 23.6 Å². The molecular weight excluding hydrogens is 832 g/mol. The number of nitrogens with zero attached hydrogens (tertiary/aromatic N) is 8. The highest BCUT2D eigenvalue weighted by Gasteiger charge is 2.36. The van der Waals surface area contributed by atoms with Gasteiger partial charge in [0.05, 0.1) is 43.6 Å². The molecule has 0 aliphatic carbocycles. The minimum atomic E-state index is -4.74. The number of carbonyl (C=O) groups is 2. The van der Waals surface area contributed by atoms with Crippen LogP contribution in [-0.2, 0) is 41.3 Å². The van der Waals surface area contributed by atoms with Crippen molar-refractivity contribution >= 4 is 22.9 Å². The Labute approximate surface area is 348 Å². The zero-order chi connectivity index (χ0) is 46.5. The zero-order valence-corrected chi connectivity index (χ0v) is 32.4. The van der Waals surface area contributed by atoms with E-state index in [1.807, 2.05) is 0 Å². The number of benzene rings is 4. The Balaban J connectivity index is 0.000000285. The molecule has 12 nitrogen and oxygen atoms in total. The topological polar surface area (TPSA) is 163 Å². The summed E-state index contributed by atoms with van der Waals surface area (Å²) in [5, 5.41) is 31.2. The monoisotopic (exact) mass is 864 g/mol. The number of terminal acetylenes is 1. The number of halogens is 8. The summed E-state index contributed by atoms with van der Waals surface area (Å²) in [5.74, 6) is 0.203. The van der Waals surface area contributed by atoms with Crippen LogP contribution < -0.4 is 0 Å². The van der Waals surface area contributed by atoms with E-state index in [4.69, 9.17) is 25.1 Å². The maximum absolute atomic E-state index is 13.1. The lowest BCUT2D eigenvalue weighted by molar-refractivity contribution is -0.138. The van der Waals surface area contributed by atoms with E-state index in [1.54, 1.807) is 12.1 Å². The number of hydrogen-bond acceptors (Lipinski definition) is 7. The van der Waals surface area contributed by atoms with Crippen LogP contribution in [0.4, 0.5) is 46.5 Å². The van der Waals surface area contributed by atoms with Crippen molar-refractivity contribution in [1.82, 2.24) is 15.0 Å². The third-order valence-corrected chi connectivity index (χ3v) is 8.51. The molecule has 0 amide bonds. The van der Waals surface area contributed by atoms with Crippen LogP contribution in [0.5, 0.6) is 0 Å². The maximum atomic E-state index is 13.1. The van der Waals surface area contributed by atoms with Crippen molar-refractivity contribution in [2.75, 3.05) is 6.54 Å². The molecule has 2 atom stereocenters. The van der Waals surface area contributed by atoms with E-state index < -0.39 is 82.8 Å². The second kappa shape index (κ2) is 20.7. The molecule has 5 rings (SSSR count). The fourth-order valence-corrected chi connectivity index (χ4v) is 5.12. The van der Waals surface area contributed by atoms with E-state index in [-0.39, 0.29) is 23.5 Å². The predicted molar refractivity (Wildman–Crippen MR) is 208 cm³/mol. The third-order valence-electron chi connectivity index (χ3n) is 8.51. The lowest BCUT2D eigenvalue weighted by Crippen LogP contribution is -2.41. The zero-order valence-electron chi connectivity index (χ0n) is 32.4. The van der Waals surface area contributed by atoms with Gasteiger partial charge in [0.15, 0.2) is 22.9 Å². The average Bonchev–Trinajstić information content (AvgIpc) is 3.68. The second-order valence-corrected chi connectivity index (χ2v) is 13.5. The largest absolute Gasteiger partial charge is 0.407 e. The molecule has 0 saturated carbocycles. The fraction of sp³-hybridized carbons (Fsp3) is 0.238. The quantitative estimate of drug-likeness (QED) is 0.0336. The van der Waals surface area contributed by atoms with E-state index in [0.717, 1.165) is 25.1 Å². The first kappa shape index (κ1) is 48.9. The van der Waals surface area contributed by atoms with E-state index >= 15 is 0 Å². The Morgan fingerprint density at radius 2 is 1.23 bits per heavy atom. The van der Waals surface area contributed by atoms with Gasteiger partial charge in [0.2, 0.25) is 0 Å². The number of hydrogen-bond donors (Lipinski definition) is 2. The molecule has 1 aromatic heterocycles. The van der Waals surface area contributed by atoms with Gasteiger partial charge in [-0.3, -0.25) is 9.59 Å². The van der Waals surface area contributed by atoms with Crippen LogP contribution in [0.1, 0.15) is 41.7 Å². The minimum absolute atomic E-state index is 0.00550. The molecule has 20 heteroatoms. The van der Waals surface area contributed by atoms with Crippen LogP contribution in [0, 0.1) is 37.1 Å². The van der Waals surface area contributed by atoms with Gasteiger partial charge in [-0.05, 0) is 79.0 Å². The van der Waals surface area contributed by atoms with Crippen molar-refractivity contribution in [2.45, 2.75) is 56.8 Å². The summed E-state index contributed by atoms with van der Waals surface area (Å²) in [4.78, 5) is 32.5. The first-order chi connectivity index (χ1) is 28.9.